The lowest BCUT2D eigenvalue weighted by atomic mass is 9.96. The molecule has 1 aromatic carbocycles. The Hall–Kier alpha value is -1.61. The van der Waals surface area contributed by atoms with Gasteiger partial charge >= 0.3 is 0 Å². The number of nitrogens with one attached hydrogen (secondary N) is 1. The first-order valence-electron chi connectivity index (χ1n) is 10.0. The summed E-state index contributed by atoms with van der Waals surface area (Å²) in [7, 11) is 0. The van der Waals surface area contributed by atoms with Crippen molar-refractivity contribution in [2.24, 2.45) is 0 Å². The fourth-order valence-electron chi connectivity index (χ4n) is 4.08. The van der Waals surface area contributed by atoms with Crippen LogP contribution in [-0.4, -0.2) is 36.5 Å². The number of carbonyl (C=O) groups excluding carboxylic acids is 1. The SMILES string of the molecule is O=C(CC1=CCCCC1)N[C@H]1CCCN(CCCc2ccccc2)C1. The summed E-state index contributed by atoms with van der Waals surface area (Å²) in [6.45, 7) is 3.32. The van der Waals surface area contributed by atoms with Crippen LogP contribution in [0.25, 0.3) is 0 Å². The summed E-state index contributed by atoms with van der Waals surface area (Å²) in [5.41, 5.74) is 2.77. The average molecular weight is 341 g/mol. The van der Waals surface area contributed by atoms with Gasteiger partial charge in [0.25, 0.3) is 0 Å². The van der Waals surface area contributed by atoms with Crippen molar-refractivity contribution < 1.29 is 4.79 Å². The Morgan fingerprint density at radius 3 is 2.84 bits per heavy atom. The highest BCUT2D eigenvalue weighted by atomic mass is 16.1. The molecule has 3 heteroatoms. The van der Waals surface area contributed by atoms with E-state index in [0.29, 0.717) is 12.5 Å². The molecule has 136 valence electrons. The summed E-state index contributed by atoms with van der Waals surface area (Å²) < 4.78 is 0. The van der Waals surface area contributed by atoms with Crippen molar-refractivity contribution in [2.45, 2.75) is 63.8 Å². The summed E-state index contributed by atoms with van der Waals surface area (Å²) >= 11 is 0. The van der Waals surface area contributed by atoms with Crippen molar-refractivity contribution in [3.63, 3.8) is 0 Å². The number of nitrogens with zero attached hydrogens (tertiary/aromatic N) is 1. The van der Waals surface area contributed by atoms with Gasteiger partial charge in [-0.3, -0.25) is 4.79 Å². The van der Waals surface area contributed by atoms with Crippen molar-refractivity contribution in [1.29, 1.82) is 0 Å². The van der Waals surface area contributed by atoms with Crippen LogP contribution >= 0.6 is 0 Å². The molecule has 1 amide bonds. The maximum absolute atomic E-state index is 12.3. The van der Waals surface area contributed by atoms with E-state index in [-0.39, 0.29) is 5.91 Å². The molecule has 1 saturated heterocycles. The van der Waals surface area contributed by atoms with E-state index in [4.69, 9.17) is 0 Å². The lowest BCUT2D eigenvalue weighted by molar-refractivity contribution is -0.121. The maximum Gasteiger partial charge on any atom is 0.224 e. The molecule has 0 radical (unpaired) electrons. The summed E-state index contributed by atoms with van der Waals surface area (Å²) in [4.78, 5) is 14.8. The maximum atomic E-state index is 12.3. The summed E-state index contributed by atoms with van der Waals surface area (Å²) in [6.07, 6.45) is 12.3. The van der Waals surface area contributed by atoms with Crippen molar-refractivity contribution in [3.8, 4) is 0 Å². The molecule has 1 aliphatic heterocycles. The molecule has 0 aromatic heterocycles. The number of carbonyl (C=O) groups is 1. The quantitative estimate of drug-likeness (QED) is 0.758. The Balaban J connectivity index is 1.37. The molecule has 0 unspecified atom stereocenters. The first kappa shape index (κ1) is 18.2. The van der Waals surface area contributed by atoms with Gasteiger partial charge in [-0.2, -0.15) is 0 Å². The normalized spacial score (nSPS) is 21.6. The molecule has 25 heavy (non-hydrogen) atoms. The molecule has 2 aliphatic rings. The van der Waals surface area contributed by atoms with Gasteiger partial charge in [-0.25, -0.2) is 0 Å². The van der Waals surface area contributed by atoms with Gasteiger partial charge in [0, 0.05) is 19.0 Å². The van der Waals surface area contributed by atoms with Crippen molar-refractivity contribution in [3.05, 3.63) is 47.5 Å². The molecular weight excluding hydrogens is 308 g/mol. The first-order valence-corrected chi connectivity index (χ1v) is 10.0. The molecule has 3 rings (SSSR count). The Labute approximate surface area is 152 Å². The van der Waals surface area contributed by atoms with Gasteiger partial charge in [0.2, 0.25) is 5.91 Å². The lowest BCUT2D eigenvalue weighted by Crippen LogP contribution is -2.48. The fourth-order valence-corrected chi connectivity index (χ4v) is 4.08. The van der Waals surface area contributed by atoms with Crippen LogP contribution in [0.3, 0.4) is 0 Å². The zero-order valence-electron chi connectivity index (χ0n) is 15.4. The molecule has 0 spiro atoms. The second-order valence-electron chi connectivity index (χ2n) is 7.58. The number of aryl methyl sites for hydroxylation is 1. The van der Waals surface area contributed by atoms with E-state index in [1.807, 2.05) is 0 Å². The topological polar surface area (TPSA) is 32.3 Å². The van der Waals surface area contributed by atoms with Crippen LogP contribution in [0.1, 0.15) is 56.9 Å². The van der Waals surface area contributed by atoms with Crippen LogP contribution in [0.15, 0.2) is 42.0 Å². The Morgan fingerprint density at radius 2 is 2.04 bits per heavy atom. The minimum Gasteiger partial charge on any atom is -0.352 e. The number of hydrogen-bond donors (Lipinski definition) is 1. The number of allylic oxidation sites excluding steroid dienone is 1. The van der Waals surface area contributed by atoms with Crippen molar-refractivity contribution in [2.75, 3.05) is 19.6 Å². The summed E-state index contributed by atoms with van der Waals surface area (Å²) in [5, 5.41) is 3.28. The van der Waals surface area contributed by atoms with E-state index in [2.05, 4.69) is 46.6 Å². The smallest absolute Gasteiger partial charge is 0.224 e. The molecule has 1 heterocycles. The molecular formula is C22H32N2O. The lowest BCUT2D eigenvalue weighted by Gasteiger charge is -2.33. The molecule has 1 atom stereocenters. The Morgan fingerprint density at radius 1 is 1.16 bits per heavy atom. The van der Waals surface area contributed by atoms with Gasteiger partial charge in [0.1, 0.15) is 0 Å². The van der Waals surface area contributed by atoms with Crippen LogP contribution in [0, 0.1) is 0 Å². The minimum absolute atomic E-state index is 0.226. The number of benzene rings is 1. The highest BCUT2D eigenvalue weighted by Gasteiger charge is 2.21. The van der Waals surface area contributed by atoms with E-state index >= 15 is 0 Å². The van der Waals surface area contributed by atoms with Crippen molar-refractivity contribution >= 4 is 5.91 Å². The van der Waals surface area contributed by atoms with Gasteiger partial charge < -0.3 is 10.2 Å². The van der Waals surface area contributed by atoms with Gasteiger partial charge in [-0.1, -0.05) is 42.0 Å². The number of rotatable bonds is 7. The largest absolute Gasteiger partial charge is 0.352 e. The van der Waals surface area contributed by atoms with Crippen LogP contribution in [-0.2, 0) is 11.2 Å². The second-order valence-corrected chi connectivity index (χ2v) is 7.58. The highest BCUT2D eigenvalue weighted by Crippen LogP contribution is 2.20. The van der Waals surface area contributed by atoms with E-state index in [9.17, 15) is 4.79 Å². The summed E-state index contributed by atoms with van der Waals surface area (Å²) in [5.74, 6) is 0.226. The van der Waals surface area contributed by atoms with Gasteiger partial charge in [0.05, 0.1) is 0 Å². The average Bonchev–Trinajstić information content (AvgIpc) is 2.64. The number of piperidine rings is 1. The number of likely N-dealkylation sites (tertiary alicyclic amines) is 1. The van der Waals surface area contributed by atoms with Gasteiger partial charge in [0.15, 0.2) is 0 Å². The zero-order chi connectivity index (χ0) is 17.3. The third kappa shape index (κ3) is 6.32. The number of amides is 1. The van der Waals surface area contributed by atoms with Crippen molar-refractivity contribution in [1.82, 2.24) is 10.2 Å². The molecule has 1 fully saturated rings. The van der Waals surface area contributed by atoms with E-state index in [1.54, 1.807) is 0 Å². The van der Waals surface area contributed by atoms with E-state index in [1.165, 1.54) is 43.4 Å². The zero-order valence-corrected chi connectivity index (χ0v) is 15.4. The Bertz CT molecular complexity index is 567. The molecule has 1 aliphatic carbocycles. The van der Waals surface area contributed by atoms with E-state index in [0.717, 1.165) is 38.8 Å². The molecule has 0 saturated carbocycles. The van der Waals surface area contributed by atoms with Crippen LogP contribution in [0.2, 0.25) is 0 Å². The molecule has 3 nitrogen and oxygen atoms in total. The Kier molecular flexibility index (Phi) is 7.10. The fraction of sp³-hybridized carbons (Fsp3) is 0.591. The molecule has 1 aromatic rings. The monoisotopic (exact) mass is 340 g/mol. The van der Waals surface area contributed by atoms with Crippen LogP contribution in [0.5, 0.6) is 0 Å². The van der Waals surface area contributed by atoms with Crippen LogP contribution in [0.4, 0.5) is 0 Å². The van der Waals surface area contributed by atoms with E-state index < -0.39 is 0 Å². The van der Waals surface area contributed by atoms with Gasteiger partial charge in [-0.15, -0.1) is 0 Å². The predicted molar refractivity (Wildman–Crippen MR) is 104 cm³/mol. The van der Waals surface area contributed by atoms with Gasteiger partial charge in [-0.05, 0) is 70.0 Å². The highest BCUT2D eigenvalue weighted by molar-refractivity contribution is 5.78. The molecule has 0 bridgehead atoms. The third-order valence-electron chi connectivity index (χ3n) is 5.43. The second kappa shape index (κ2) is 9.76. The predicted octanol–water partition coefficient (Wildman–Crippen LogP) is 4.09. The minimum atomic E-state index is 0.226. The standard InChI is InChI=1S/C22H32N2O/c25-22(17-20-11-5-2-6-12-20)23-21-14-8-16-24(18-21)15-7-13-19-9-3-1-4-10-19/h1,3-4,9-11,21H,2,5-8,12-18H2,(H,23,25)/t21-/m0/s1. The number of hydrogen-bond acceptors (Lipinski definition) is 2. The summed E-state index contributed by atoms with van der Waals surface area (Å²) in [6, 6.07) is 11.1. The van der Waals surface area contributed by atoms with Crippen LogP contribution < -0.4 is 5.32 Å². The molecule has 1 N–H and O–H groups in total. The third-order valence-corrected chi connectivity index (χ3v) is 5.43. The first-order chi connectivity index (χ1) is 12.3.